The van der Waals surface area contributed by atoms with Gasteiger partial charge in [0.1, 0.15) is 17.6 Å². The molecule has 2 saturated heterocycles. The van der Waals surface area contributed by atoms with Crippen LogP contribution in [0.15, 0.2) is 12.7 Å². The molecule has 2 aliphatic heterocycles. The number of carbonyl (C=O) groups is 4. The third kappa shape index (κ3) is 12.0. The molecule has 6 rings (SSSR count). The van der Waals surface area contributed by atoms with E-state index in [1.807, 2.05) is 20.8 Å². The maximum atomic E-state index is 15.4. The van der Waals surface area contributed by atoms with Gasteiger partial charge >= 0.3 is 10.2 Å². The number of rotatable bonds is 27. The van der Waals surface area contributed by atoms with Crippen LogP contribution in [-0.4, -0.2) is 116 Å². The van der Waals surface area contributed by atoms with Gasteiger partial charge in [-0.2, -0.15) is 12.7 Å². The minimum absolute atomic E-state index is 0.0213. The summed E-state index contributed by atoms with van der Waals surface area (Å²) >= 11 is 0. The number of hydrogen-bond acceptors (Lipinski definition) is 8. The number of fused-ring (bicyclic) bond motifs is 1. The van der Waals surface area contributed by atoms with E-state index in [1.165, 1.54) is 87.9 Å². The van der Waals surface area contributed by atoms with Crippen LogP contribution in [-0.2, 0) is 29.4 Å². The fraction of sp³-hybridized carbons (Fsp3) is 0.889. The number of carbonyl (C=O) groups excluding carboxylic acids is 4. The van der Waals surface area contributed by atoms with Gasteiger partial charge in [0.15, 0.2) is 0 Å². The van der Waals surface area contributed by atoms with Crippen LogP contribution in [0.2, 0.25) is 0 Å². The minimum atomic E-state index is -4.09. The Morgan fingerprint density at radius 3 is 1.87 bits per heavy atom. The average molecular weight is 970 g/mol. The van der Waals surface area contributed by atoms with Crippen molar-refractivity contribution in [1.82, 2.24) is 34.8 Å². The van der Waals surface area contributed by atoms with Crippen LogP contribution in [0.3, 0.4) is 0 Å². The average Bonchev–Trinajstić information content (AvgIpc) is 3.72. The molecular weight excluding hydrogens is 875 g/mol. The molecule has 4 aliphatic carbocycles. The molecule has 4 N–H and O–H groups in total. The molecule has 6 aliphatic rings. The van der Waals surface area contributed by atoms with Crippen molar-refractivity contribution < 1.29 is 27.6 Å². The van der Waals surface area contributed by atoms with Crippen molar-refractivity contribution in [2.75, 3.05) is 40.3 Å². The van der Waals surface area contributed by atoms with Gasteiger partial charge in [0.25, 0.3) is 5.91 Å². The molecule has 2 unspecified atom stereocenters. The van der Waals surface area contributed by atoms with E-state index in [9.17, 15) is 22.8 Å². The summed E-state index contributed by atoms with van der Waals surface area (Å²) in [5, 5.41) is 10.1. The Hall–Kier alpha value is -2.55. The highest BCUT2D eigenvalue weighted by atomic mass is 32.2. The summed E-state index contributed by atoms with van der Waals surface area (Å²) in [5.41, 5.74) is -2.54. The third-order valence-electron chi connectivity index (χ3n) is 18.3. The van der Waals surface area contributed by atoms with Gasteiger partial charge in [-0.1, -0.05) is 137 Å². The third-order valence-corrected chi connectivity index (χ3v) is 19.8. The summed E-state index contributed by atoms with van der Waals surface area (Å²) in [5.74, 6) is -1.95. The highest BCUT2D eigenvalue weighted by Crippen LogP contribution is 2.88. The number of amides is 4. The fourth-order valence-corrected chi connectivity index (χ4v) is 14.9. The van der Waals surface area contributed by atoms with E-state index in [2.05, 4.69) is 67.0 Å². The summed E-state index contributed by atoms with van der Waals surface area (Å²) in [6.45, 7) is 18.8. The number of unbranched alkanes of at least 4 members (excludes halogenated alkanes) is 11. The molecule has 7 atom stereocenters. The lowest BCUT2D eigenvalue weighted by molar-refractivity contribution is -0.145. The molecule has 68 heavy (non-hydrogen) atoms. The van der Waals surface area contributed by atoms with Gasteiger partial charge in [-0.3, -0.25) is 19.2 Å². The van der Waals surface area contributed by atoms with Crippen LogP contribution < -0.4 is 20.7 Å². The van der Waals surface area contributed by atoms with Crippen LogP contribution in [0.4, 0.5) is 0 Å². The topological polar surface area (TPSA) is 160 Å². The Morgan fingerprint density at radius 2 is 1.37 bits per heavy atom. The largest absolute Gasteiger partial charge is 0.342 e. The number of hydrogen-bond donors (Lipinski definition) is 4. The minimum Gasteiger partial charge on any atom is -0.342 e. The molecule has 2 spiro atoms. The van der Waals surface area contributed by atoms with Gasteiger partial charge in [0.2, 0.25) is 17.7 Å². The summed E-state index contributed by atoms with van der Waals surface area (Å²) in [6, 6.07) is -2.08. The van der Waals surface area contributed by atoms with Crippen molar-refractivity contribution in [3.05, 3.63) is 12.7 Å². The van der Waals surface area contributed by atoms with Gasteiger partial charge < -0.3 is 25.8 Å². The smallest absolute Gasteiger partial charge is 0.303 e. The van der Waals surface area contributed by atoms with Crippen molar-refractivity contribution >= 4 is 33.8 Å². The lowest BCUT2D eigenvalue weighted by Crippen LogP contribution is -2.62. The van der Waals surface area contributed by atoms with Crippen LogP contribution in [0.1, 0.15) is 202 Å². The number of nitrogens with one attached hydrogen (secondary N) is 4. The summed E-state index contributed by atoms with van der Waals surface area (Å²) in [6.07, 6.45) is 28.7. The van der Waals surface area contributed by atoms with Crippen LogP contribution >= 0.6 is 0 Å². The molecule has 2 heterocycles. The van der Waals surface area contributed by atoms with E-state index < -0.39 is 57.0 Å². The molecule has 13 nitrogen and oxygen atoms in total. The molecule has 4 saturated carbocycles. The lowest BCUT2D eigenvalue weighted by atomic mass is 9.73. The fourth-order valence-electron chi connectivity index (χ4n) is 13.6. The highest BCUT2D eigenvalue weighted by Gasteiger charge is 2.85. The molecule has 0 bridgehead atoms. The first-order chi connectivity index (χ1) is 32.2. The zero-order valence-corrected chi connectivity index (χ0v) is 44.8. The molecule has 0 aromatic carbocycles. The molecule has 0 radical (unpaired) electrons. The van der Waals surface area contributed by atoms with Crippen molar-refractivity contribution in [2.24, 2.45) is 33.5 Å². The van der Waals surface area contributed by atoms with Crippen LogP contribution in [0.5, 0.6) is 0 Å². The first-order valence-corrected chi connectivity index (χ1v) is 28.9. The molecule has 388 valence electrons. The second-order valence-electron chi connectivity index (χ2n) is 24.5. The monoisotopic (exact) mass is 970 g/mol. The van der Waals surface area contributed by atoms with E-state index in [0.29, 0.717) is 26.1 Å². The summed E-state index contributed by atoms with van der Waals surface area (Å²) in [7, 11) is 0.209. The highest BCUT2D eigenvalue weighted by molar-refractivity contribution is 7.87. The predicted octanol–water partition coefficient (Wildman–Crippen LogP) is 8.39. The molecule has 4 amide bonds. The molecule has 0 aromatic heterocycles. The van der Waals surface area contributed by atoms with E-state index in [0.717, 1.165) is 70.6 Å². The van der Waals surface area contributed by atoms with Crippen LogP contribution in [0.25, 0.3) is 0 Å². The molecule has 6 fully saturated rings. The quantitative estimate of drug-likeness (QED) is 0.0472. The van der Waals surface area contributed by atoms with Crippen molar-refractivity contribution in [3.63, 3.8) is 0 Å². The summed E-state index contributed by atoms with van der Waals surface area (Å²) < 4.78 is 30.1. The number of nitrogens with zero attached hydrogens (tertiary/aromatic N) is 3. The van der Waals surface area contributed by atoms with E-state index in [1.54, 1.807) is 11.0 Å². The zero-order valence-electron chi connectivity index (χ0n) is 44.0. The molecule has 0 aromatic rings. The second kappa shape index (κ2) is 22.9. The maximum absolute atomic E-state index is 15.4. The SMILES string of the molecule is C=C[C@@H]1C[C@]1(NC(=O)[C@@H]1C[C@@]2(CN1C(=O)[C@@H](NC(=O)C(NC(C)CCCCCCCCCCCCCCN(C)C)C1CCCCC1)C(C)(C)C)C(C)(C)C21CCC1)C(=O)NS(=O)(=O)N1CCCC1. The van der Waals surface area contributed by atoms with Gasteiger partial charge in [-0.05, 0) is 114 Å². The Labute approximate surface area is 412 Å². The van der Waals surface area contributed by atoms with E-state index in [4.69, 9.17) is 0 Å². The van der Waals surface area contributed by atoms with Gasteiger partial charge in [-0.25, -0.2) is 4.72 Å². The lowest BCUT2D eigenvalue weighted by Gasteiger charge is -2.38. The van der Waals surface area contributed by atoms with Crippen LogP contribution in [0, 0.1) is 33.5 Å². The van der Waals surface area contributed by atoms with Crippen molar-refractivity contribution in [1.29, 1.82) is 0 Å². The Kier molecular flexibility index (Phi) is 18.4. The van der Waals surface area contributed by atoms with E-state index >= 15 is 4.79 Å². The second-order valence-corrected chi connectivity index (χ2v) is 26.1. The maximum Gasteiger partial charge on any atom is 0.303 e. The predicted molar refractivity (Wildman–Crippen MR) is 273 cm³/mol. The van der Waals surface area contributed by atoms with Gasteiger partial charge in [0.05, 0.1) is 6.04 Å². The van der Waals surface area contributed by atoms with Gasteiger partial charge in [0, 0.05) is 37.0 Å². The Balaban J connectivity index is 1.09. The first-order valence-electron chi connectivity index (χ1n) is 27.4. The van der Waals surface area contributed by atoms with Crippen molar-refractivity contribution in [3.8, 4) is 0 Å². The number of likely N-dealkylation sites (tertiary alicyclic amines) is 1. The zero-order chi connectivity index (χ0) is 49.5. The molecule has 14 heteroatoms. The first kappa shape index (κ1) is 54.8. The standard InChI is InChI=1S/C54H95N7O6S/c1-10-42-37-54(42,49(65)58-68(66,67)60-35-26-27-36-60)57-46(62)43-38-53(51(6,7)52(53)32-28-33-52)39-61(43)48(64)45(50(3,4)5)56-47(63)44(41-30-23-21-24-31-41)55-40(2)29-22-19-17-15-13-11-12-14-16-18-20-25-34-59(8)9/h10,40-45,55H,1,11-39H2,2-9H3,(H,56,63)(H,57,62)(H,58,65)/t40?,42-,43+,44?,45-,53-,54-/m1/s1. The van der Waals surface area contributed by atoms with Crippen molar-refractivity contribution in [2.45, 2.75) is 232 Å². The summed E-state index contributed by atoms with van der Waals surface area (Å²) in [4.78, 5) is 63.0. The Bertz CT molecular complexity index is 1850. The molecular formula is C54H95N7O6S. The Morgan fingerprint density at radius 1 is 0.794 bits per heavy atom. The van der Waals surface area contributed by atoms with Gasteiger partial charge in [-0.15, -0.1) is 6.58 Å². The van der Waals surface area contributed by atoms with E-state index in [-0.39, 0.29) is 46.4 Å². The normalized spacial score (nSPS) is 28.0.